The lowest BCUT2D eigenvalue weighted by molar-refractivity contribution is 0.0761. The summed E-state index contributed by atoms with van der Waals surface area (Å²) in [5.74, 6) is -0.337. The number of halogens is 1. The number of carbonyl (C=O) groups excluding carboxylic acids is 1. The Morgan fingerprint density at radius 3 is 2.58 bits per heavy atom. The van der Waals surface area contributed by atoms with Crippen molar-refractivity contribution < 1.29 is 9.18 Å². The predicted octanol–water partition coefficient (Wildman–Crippen LogP) is 0.932. The lowest BCUT2D eigenvalue weighted by atomic mass is 10.2. The molecule has 1 saturated heterocycles. The van der Waals surface area contributed by atoms with Gasteiger partial charge in [-0.05, 0) is 37.2 Å². The normalized spacial score (nSPS) is 17.3. The molecule has 104 valence electrons. The summed E-state index contributed by atoms with van der Waals surface area (Å²) in [7, 11) is 0. The van der Waals surface area contributed by atoms with E-state index in [1.54, 1.807) is 12.1 Å². The molecule has 1 heterocycles. The summed E-state index contributed by atoms with van der Waals surface area (Å²) in [5, 5.41) is 0. The zero-order chi connectivity index (χ0) is 13.7. The third-order valence-electron chi connectivity index (χ3n) is 3.41. The number of amides is 1. The van der Waals surface area contributed by atoms with E-state index in [2.05, 4.69) is 4.90 Å². The van der Waals surface area contributed by atoms with Crippen LogP contribution < -0.4 is 5.73 Å². The maximum absolute atomic E-state index is 12.8. The van der Waals surface area contributed by atoms with Crippen molar-refractivity contribution in [2.75, 3.05) is 39.3 Å². The summed E-state index contributed by atoms with van der Waals surface area (Å²) in [4.78, 5) is 16.4. The third kappa shape index (κ3) is 3.75. The average Bonchev–Trinajstić information content (AvgIpc) is 2.65. The van der Waals surface area contributed by atoms with Gasteiger partial charge in [-0.3, -0.25) is 4.79 Å². The van der Waals surface area contributed by atoms with Gasteiger partial charge in [-0.25, -0.2) is 4.39 Å². The molecule has 19 heavy (non-hydrogen) atoms. The Labute approximate surface area is 113 Å². The summed E-state index contributed by atoms with van der Waals surface area (Å²) in [6.45, 7) is 4.80. The molecule has 1 aromatic carbocycles. The van der Waals surface area contributed by atoms with Gasteiger partial charge >= 0.3 is 0 Å². The molecule has 2 N–H and O–H groups in total. The first-order chi connectivity index (χ1) is 9.20. The van der Waals surface area contributed by atoms with E-state index in [9.17, 15) is 9.18 Å². The highest BCUT2D eigenvalue weighted by molar-refractivity contribution is 5.94. The minimum Gasteiger partial charge on any atom is -0.337 e. The molecule has 1 aliphatic rings. The first-order valence-electron chi connectivity index (χ1n) is 6.68. The lowest BCUT2D eigenvalue weighted by Crippen LogP contribution is -2.36. The first kappa shape index (κ1) is 14.0. The Hall–Kier alpha value is -1.46. The molecule has 0 spiro atoms. The van der Waals surface area contributed by atoms with Crippen LogP contribution in [0.5, 0.6) is 0 Å². The van der Waals surface area contributed by atoms with Gasteiger partial charge < -0.3 is 15.5 Å². The van der Waals surface area contributed by atoms with Gasteiger partial charge in [0, 0.05) is 38.3 Å². The molecule has 5 heteroatoms. The Kier molecular flexibility index (Phi) is 4.87. The molecule has 1 fully saturated rings. The van der Waals surface area contributed by atoms with Crippen molar-refractivity contribution in [2.45, 2.75) is 6.42 Å². The zero-order valence-corrected chi connectivity index (χ0v) is 11.0. The smallest absolute Gasteiger partial charge is 0.253 e. The van der Waals surface area contributed by atoms with Crippen LogP contribution in [0, 0.1) is 5.82 Å². The number of nitrogens with two attached hydrogens (primary N) is 1. The Morgan fingerprint density at radius 2 is 1.89 bits per heavy atom. The van der Waals surface area contributed by atoms with Crippen LogP contribution in [0.25, 0.3) is 0 Å². The van der Waals surface area contributed by atoms with Crippen molar-refractivity contribution in [3.8, 4) is 0 Å². The van der Waals surface area contributed by atoms with Crippen molar-refractivity contribution in [1.29, 1.82) is 0 Å². The fraction of sp³-hybridized carbons (Fsp3) is 0.500. The molecule has 0 saturated carbocycles. The van der Waals surface area contributed by atoms with Gasteiger partial charge in [-0.15, -0.1) is 0 Å². The molecular formula is C14H20FN3O. The van der Waals surface area contributed by atoms with Gasteiger partial charge in [0.1, 0.15) is 5.82 Å². The Bertz CT molecular complexity index is 421. The molecule has 0 bridgehead atoms. The SMILES string of the molecule is NCCN1CCCN(C(=O)c2ccc(F)cc2)CC1. The number of hydrogen-bond acceptors (Lipinski definition) is 3. The molecule has 2 rings (SSSR count). The second-order valence-corrected chi connectivity index (χ2v) is 4.78. The minimum atomic E-state index is -0.318. The van der Waals surface area contributed by atoms with Gasteiger partial charge in [-0.1, -0.05) is 0 Å². The monoisotopic (exact) mass is 265 g/mol. The summed E-state index contributed by atoms with van der Waals surface area (Å²) < 4.78 is 12.8. The summed E-state index contributed by atoms with van der Waals surface area (Å²) in [5.41, 5.74) is 6.10. The topological polar surface area (TPSA) is 49.6 Å². The Balaban J connectivity index is 1.98. The molecule has 0 aromatic heterocycles. The van der Waals surface area contributed by atoms with Crippen LogP contribution in [-0.4, -0.2) is 55.0 Å². The molecule has 0 atom stereocenters. The highest BCUT2D eigenvalue weighted by atomic mass is 19.1. The van der Waals surface area contributed by atoms with Gasteiger partial charge in [-0.2, -0.15) is 0 Å². The molecule has 1 aliphatic heterocycles. The number of nitrogens with zero attached hydrogens (tertiary/aromatic N) is 2. The standard InChI is InChI=1S/C14H20FN3O/c15-13-4-2-12(3-5-13)14(19)18-8-1-7-17(9-6-16)10-11-18/h2-5H,1,6-11,16H2. The van der Waals surface area contributed by atoms with E-state index in [1.165, 1.54) is 12.1 Å². The van der Waals surface area contributed by atoms with Crippen molar-refractivity contribution >= 4 is 5.91 Å². The fourth-order valence-corrected chi connectivity index (χ4v) is 2.36. The molecule has 0 aliphatic carbocycles. The highest BCUT2D eigenvalue weighted by Gasteiger charge is 2.19. The van der Waals surface area contributed by atoms with Crippen molar-refractivity contribution in [3.05, 3.63) is 35.6 Å². The molecule has 1 amide bonds. The second-order valence-electron chi connectivity index (χ2n) is 4.78. The van der Waals surface area contributed by atoms with E-state index in [1.807, 2.05) is 4.90 Å². The number of benzene rings is 1. The van der Waals surface area contributed by atoms with E-state index < -0.39 is 0 Å². The third-order valence-corrected chi connectivity index (χ3v) is 3.41. The highest BCUT2D eigenvalue weighted by Crippen LogP contribution is 2.10. The van der Waals surface area contributed by atoms with Gasteiger partial charge in [0.2, 0.25) is 0 Å². The molecular weight excluding hydrogens is 245 g/mol. The van der Waals surface area contributed by atoms with Crippen LogP contribution in [0.4, 0.5) is 4.39 Å². The van der Waals surface area contributed by atoms with Crippen LogP contribution in [0.2, 0.25) is 0 Å². The van der Waals surface area contributed by atoms with Crippen molar-refractivity contribution in [1.82, 2.24) is 9.80 Å². The summed E-state index contributed by atoms with van der Waals surface area (Å²) in [6, 6.07) is 5.73. The molecule has 0 radical (unpaired) electrons. The second kappa shape index (κ2) is 6.63. The van der Waals surface area contributed by atoms with Crippen molar-refractivity contribution in [2.24, 2.45) is 5.73 Å². The lowest BCUT2D eigenvalue weighted by Gasteiger charge is -2.21. The fourth-order valence-electron chi connectivity index (χ4n) is 2.36. The predicted molar refractivity (Wildman–Crippen MR) is 72.4 cm³/mol. The Morgan fingerprint density at radius 1 is 1.16 bits per heavy atom. The van der Waals surface area contributed by atoms with Crippen LogP contribution in [0.15, 0.2) is 24.3 Å². The van der Waals surface area contributed by atoms with E-state index in [4.69, 9.17) is 5.73 Å². The molecule has 4 nitrogen and oxygen atoms in total. The quantitative estimate of drug-likeness (QED) is 0.884. The van der Waals surface area contributed by atoms with Crippen LogP contribution >= 0.6 is 0 Å². The van der Waals surface area contributed by atoms with Gasteiger partial charge in [0.15, 0.2) is 0 Å². The van der Waals surface area contributed by atoms with E-state index >= 15 is 0 Å². The van der Waals surface area contributed by atoms with Crippen LogP contribution in [0.3, 0.4) is 0 Å². The largest absolute Gasteiger partial charge is 0.337 e. The van der Waals surface area contributed by atoms with E-state index in [-0.39, 0.29) is 11.7 Å². The molecule has 0 unspecified atom stereocenters. The van der Waals surface area contributed by atoms with E-state index in [0.717, 1.165) is 32.6 Å². The number of carbonyl (C=O) groups is 1. The summed E-state index contributed by atoms with van der Waals surface area (Å²) >= 11 is 0. The van der Waals surface area contributed by atoms with Crippen LogP contribution in [-0.2, 0) is 0 Å². The van der Waals surface area contributed by atoms with Crippen molar-refractivity contribution in [3.63, 3.8) is 0 Å². The minimum absolute atomic E-state index is 0.0189. The average molecular weight is 265 g/mol. The number of rotatable bonds is 3. The maximum Gasteiger partial charge on any atom is 0.253 e. The van der Waals surface area contributed by atoms with Gasteiger partial charge in [0.25, 0.3) is 5.91 Å². The maximum atomic E-state index is 12.8. The zero-order valence-electron chi connectivity index (χ0n) is 11.0. The summed E-state index contributed by atoms with van der Waals surface area (Å²) in [6.07, 6.45) is 0.951. The number of hydrogen-bond donors (Lipinski definition) is 1. The van der Waals surface area contributed by atoms with Gasteiger partial charge in [0.05, 0.1) is 0 Å². The van der Waals surface area contributed by atoms with Crippen LogP contribution in [0.1, 0.15) is 16.8 Å². The van der Waals surface area contributed by atoms with E-state index in [0.29, 0.717) is 18.7 Å². The first-order valence-corrected chi connectivity index (χ1v) is 6.68. The molecule has 1 aromatic rings.